The van der Waals surface area contributed by atoms with Crippen molar-refractivity contribution in [2.24, 2.45) is 0 Å². The van der Waals surface area contributed by atoms with Crippen molar-refractivity contribution in [2.45, 2.75) is 6.43 Å². The summed E-state index contributed by atoms with van der Waals surface area (Å²) in [4.78, 5) is 0. The summed E-state index contributed by atoms with van der Waals surface area (Å²) in [6.07, 6.45) is -2.57. The number of anilines is 1. The Morgan fingerprint density at radius 2 is 2.00 bits per heavy atom. The fraction of sp³-hybridized carbons (Fsp3) is 0.111. The molecule has 0 atom stereocenters. The number of nitrogen functional groups attached to an aromatic ring is 1. The number of rotatable bonds is 1. The summed E-state index contributed by atoms with van der Waals surface area (Å²) in [6, 6.07) is 4.24. The summed E-state index contributed by atoms with van der Waals surface area (Å²) in [5, 5.41) is 9.77. The first-order valence-corrected chi connectivity index (χ1v) is 4.69. The van der Waals surface area contributed by atoms with Crippen LogP contribution in [0.4, 0.5) is 14.5 Å². The molecule has 0 aliphatic carbocycles. The lowest BCUT2D eigenvalue weighted by Gasteiger charge is -2.02. The van der Waals surface area contributed by atoms with Crippen LogP contribution in [-0.2, 0) is 0 Å². The first-order chi connectivity index (χ1) is 6.58. The second-order valence-corrected chi connectivity index (χ2v) is 3.94. The number of nitrogens with two attached hydrogens (primary N) is 1. The molecule has 0 fully saturated rings. The van der Waals surface area contributed by atoms with Gasteiger partial charge >= 0.3 is 0 Å². The van der Waals surface area contributed by atoms with Gasteiger partial charge in [-0.15, -0.1) is 0 Å². The Labute approximate surface area is 82.6 Å². The third-order valence-corrected chi connectivity index (χ3v) is 2.89. The van der Waals surface area contributed by atoms with Gasteiger partial charge in [-0.1, -0.05) is 11.3 Å². The molecule has 2 rings (SSSR count). The van der Waals surface area contributed by atoms with Gasteiger partial charge in [0.15, 0.2) is 5.06 Å². The molecule has 1 heterocycles. The second kappa shape index (κ2) is 3.09. The normalized spacial score (nSPS) is 11.4. The van der Waals surface area contributed by atoms with Gasteiger partial charge in [-0.3, -0.25) is 0 Å². The molecule has 2 aromatic rings. The number of aromatic hydroxyl groups is 1. The van der Waals surface area contributed by atoms with Gasteiger partial charge in [0.2, 0.25) is 0 Å². The highest BCUT2D eigenvalue weighted by Crippen LogP contribution is 2.38. The van der Waals surface area contributed by atoms with Gasteiger partial charge in [0, 0.05) is 16.0 Å². The molecule has 0 aliphatic heterocycles. The van der Waals surface area contributed by atoms with Crippen LogP contribution < -0.4 is 5.73 Å². The SMILES string of the molecule is Nc1cc(C(F)F)c2sc(O)cc2c1. The van der Waals surface area contributed by atoms with Crippen molar-refractivity contribution in [1.29, 1.82) is 0 Å². The van der Waals surface area contributed by atoms with E-state index in [9.17, 15) is 13.9 Å². The highest BCUT2D eigenvalue weighted by Gasteiger charge is 2.14. The largest absolute Gasteiger partial charge is 0.499 e. The lowest BCUT2D eigenvalue weighted by Crippen LogP contribution is -1.89. The standard InChI is InChI=1S/C9H7F2NOS/c10-9(11)6-3-5(12)1-4-2-7(13)14-8(4)6/h1-3,9,13H,12H2. The molecule has 1 aromatic carbocycles. The van der Waals surface area contributed by atoms with E-state index in [1.807, 2.05) is 0 Å². The van der Waals surface area contributed by atoms with E-state index in [4.69, 9.17) is 5.73 Å². The van der Waals surface area contributed by atoms with E-state index in [2.05, 4.69) is 0 Å². The molecule has 3 N–H and O–H groups in total. The lowest BCUT2D eigenvalue weighted by molar-refractivity contribution is 0.153. The molecule has 0 saturated heterocycles. The molecule has 2 nitrogen and oxygen atoms in total. The first-order valence-electron chi connectivity index (χ1n) is 3.88. The van der Waals surface area contributed by atoms with Crippen molar-refractivity contribution >= 4 is 27.1 Å². The summed E-state index contributed by atoms with van der Waals surface area (Å²) >= 11 is 0.936. The van der Waals surface area contributed by atoms with Crippen molar-refractivity contribution < 1.29 is 13.9 Å². The molecule has 0 unspecified atom stereocenters. The molecule has 5 heteroatoms. The minimum atomic E-state index is -2.57. The van der Waals surface area contributed by atoms with Crippen molar-refractivity contribution in [3.63, 3.8) is 0 Å². The van der Waals surface area contributed by atoms with Crippen molar-refractivity contribution in [3.05, 3.63) is 23.8 Å². The number of hydrogen-bond acceptors (Lipinski definition) is 3. The van der Waals surface area contributed by atoms with Gasteiger partial charge in [0.05, 0.1) is 0 Å². The average Bonchev–Trinajstić information content (AvgIpc) is 2.42. The third-order valence-electron chi connectivity index (χ3n) is 1.89. The Morgan fingerprint density at radius 1 is 1.29 bits per heavy atom. The third kappa shape index (κ3) is 1.39. The summed E-state index contributed by atoms with van der Waals surface area (Å²) in [5.74, 6) is 0. The van der Waals surface area contributed by atoms with Gasteiger partial charge in [0.1, 0.15) is 0 Å². The first kappa shape index (κ1) is 9.21. The molecule has 14 heavy (non-hydrogen) atoms. The molecule has 0 spiro atoms. The maximum absolute atomic E-state index is 12.6. The fourth-order valence-electron chi connectivity index (χ4n) is 1.35. The van der Waals surface area contributed by atoms with Crippen LogP contribution in [0.3, 0.4) is 0 Å². The maximum atomic E-state index is 12.6. The molecule has 0 amide bonds. The minimum Gasteiger partial charge on any atom is -0.499 e. The van der Waals surface area contributed by atoms with Crippen LogP contribution in [0.1, 0.15) is 12.0 Å². The minimum absolute atomic E-state index is 0.0208. The number of hydrogen-bond donors (Lipinski definition) is 2. The lowest BCUT2D eigenvalue weighted by atomic mass is 10.1. The number of benzene rings is 1. The zero-order valence-electron chi connectivity index (χ0n) is 7.00. The van der Waals surface area contributed by atoms with E-state index in [1.54, 1.807) is 6.07 Å². The summed E-state index contributed by atoms with van der Waals surface area (Å²) in [6.45, 7) is 0. The Bertz CT molecular complexity index is 481. The van der Waals surface area contributed by atoms with Crippen LogP contribution >= 0.6 is 11.3 Å². The van der Waals surface area contributed by atoms with E-state index < -0.39 is 6.43 Å². The van der Waals surface area contributed by atoms with E-state index in [0.29, 0.717) is 10.1 Å². The zero-order valence-corrected chi connectivity index (χ0v) is 7.81. The Hall–Kier alpha value is -1.36. The van der Waals surface area contributed by atoms with Crippen LogP contribution in [0.2, 0.25) is 0 Å². The molecular formula is C9H7F2NOS. The predicted octanol–water partition coefficient (Wildman–Crippen LogP) is 3.13. The highest BCUT2D eigenvalue weighted by atomic mass is 32.1. The van der Waals surface area contributed by atoms with Crippen molar-refractivity contribution in [1.82, 2.24) is 0 Å². The van der Waals surface area contributed by atoms with Gasteiger partial charge in [0.25, 0.3) is 6.43 Å². The second-order valence-electron chi connectivity index (χ2n) is 2.91. The Balaban J connectivity index is 2.79. The Kier molecular flexibility index (Phi) is 2.03. The molecule has 0 bridgehead atoms. The van der Waals surface area contributed by atoms with Crippen molar-refractivity contribution in [3.8, 4) is 5.06 Å². The quantitative estimate of drug-likeness (QED) is 0.718. The number of halogens is 2. The van der Waals surface area contributed by atoms with E-state index in [-0.39, 0.29) is 16.3 Å². The monoisotopic (exact) mass is 215 g/mol. The predicted molar refractivity (Wildman–Crippen MR) is 52.9 cm³/mol. The maximum Gasteiger partial charge on any atom is 0.265 e. The average molecular weight is 215 g/mol. The molecular weight excluding hydrogens is 208 g/mol. The van der Waals surface area contributed by atoms with Gasteiger partial charge in [-0.2, -0.15) is 0 Å². The molecule has 0 radical (unpaired) electrons. The summed E-state index contributed by atoms with van der Waals surface area (Å²) in [5.41, 5.74) is 5.62. The van der Waals surface area contributed by atoms with E-state index >= 15 is 0 Å². The van der Waals surface area contributed by atoms with Gasteiger partial charge in [-0.25, -0.2) is 8.78 Å². The molecule has 0 aliphatic rings. The van der Waals surface area contributed by atoms with Gasteiger partial charge in [-0.05, 0) is 23.6 Å². The molecule has 74 valence electrons. The topological polar surface area (TPSA) is 46.2 Å². The Morgan fingerprint density at radius 3 is 2.64 bits per heavy atom. The molecule has 1 aromatic heterocycles. The van der Waals surface area contributed by atoms with Crippen molar-refractivity contribution in [2.75, 3.05) is 5.73 Å². The summed E-state index contributed by atoms with van der Waals surface area (Å²) in [7, 11) is 0. The van der Waals surface area contributed by atoms with Gasteiger partial charge < -0.3 is 10.8 Å². The number of alkyl halides is 2. The molecule has 0 saturated carbocycles. The number of fused-ring (bicyclic) bond motifs is 1. The summed E-state index contributed by atoms with van der Waals surface area (Å²) < 4.78 is 25.5. The van der Waals surface area contributed by atoms with Crippen LogP contribution in [-0.4, -0.2) is 5.11 Å². The van der Waals surface area contributed by atoms with E-state index in [1.165, 1.54) is 12.1 Å². The smallest absolute Gasteiger partial charge is 0.265 e. The van der Waals surface area contributed by atoms with E-state index in [0.717, 1.165) is 11.3 Å². The number of thiophene rings is 1. The highest BCUT2D eigenvalue weighted by molar-refractivity contribution is 7.20. The van der Waals surface area contributed by atoms with Crippen LogP contribution in [0.5, 0.6) is 5.06 Å². The van der Waals surface area contributed by atoms with Crippen LogP contribution in [0, 0.1) is 0 Å². The zero-order chi connectivity index (χ0) is 10.3. The fourth-order valence-corrected chi connectivity index (χ4v) is 2.25. The van der Waals surface area contributed by atoms with Crippen LogP contribution in [0.15, 0.2) is 18.2 Å². The van der Waals surface area contributed by atoms with Crippen LogP contribution in [0.25, 0.3) is 10.1 Å².